The number of aliphatic carboxylic acids is 1. The minimum absolute atomic E-state index is 0.0144. The van der Waals surface area contributed by atoms with Gasteiger partial charge in [-0.1, -0.05) is 101 Å². The summed E-state index contributed by atoms with van der Waals surface area (Å²) in [5, 5.41) is 58.6. The fraction of sp³-hybridized carbons (Fsp3) is 0.554. The van der Waals surface area contributed by atoms with Gasteiger partial charge in [0.05, 0.1) is 38.8 Å². The van der Waals surface area contributed by atoms with Crippen LogP contribution in [0, 0.1) is 11.8 Å². The number of aliphatic imine (C=N–C) groups is 3. The third-order valence-electron chi connectivity index (χ3n) is 16.1. The third-order valence-corrected chi connectivity index (χ3v) is 16.5. The van der Waals surface area contributed by atoms with E-state index in [0.717, 1.165) is 0 Å². The number of hydrogen-bond acceptors (Lipinski definition) is 21. The zero-order valence-electron chi connectivity index (χ0n) is 59.2. The molecule has 40 heteroatoms. The number of guanidine groups is 3. The summed E-state index contributed by atoms with van der Waals surface area (Å²) in [6.45, 7) is 3.33. The van der Waals surface area contributed by atoms with Gasteiger partial charge < -0.3 is 124 Å². The predicted octanol–water partition coefficient (Wildman–Crippen LogP) is -8.28. The Balaban J connectivity index is 2.40. The molecule has 29 N–H and O–H groups in total. The number of rotatable bonds is 50. The molecule has 0 aliphatic heterocycles. The van der Waals surface area contributed by atoms with Gasteiger partial charge in [0, 0.05) is 38.2 Å². The van der Waals surface area contributed by atoms with Crippen molar-refractivity contribution in [3.63, 3.8) is 0 Å². The molecule has 0 saturated carbocycles. The van der Waals surface area contributed by atoms with Crippen molar-refractivity contribution in [2.75, 3.05) is 51.7 Å². The van der Waals surface area contributed by atoms with Crippen molar-refractivity contribution in [3.05, 3.63) is 71.8 Å². The highest BCUT2D eigenvalue weighted by Crippen LogP contribution is 2.15. The molecule has 12 amide bonds. The van der Waals surface area contributed by atoms with E-state index in [0.29, 0.717) is 23.8 Å². The Morgan fingerprint density at radius 2 is 0.829 bits per heavy atom. The molecule has 582 valence electrons. The molecule has 13 atom stereocenters. The zero-order chi connectivity index (χ0) is 78.7. The Labute approximate surface area is 612 Å². The summed E-state index contributed by atoms with van der Waals surface area (Å²) in [5.74, 6) is -15.7. The summed E-state index contributed by atoms with van der Waals surface area (Å²) in [4.78, 5) is 202. The van der Waals surface area contributed by atoms with Crippen LogP contribution in [0.4, 0.5) is 0 Å². The number of aldehydes is 1. The lowest BCUT2D eigenvalue weighted by atomic mass is 9.96. The van der Waals surface area contributed by atoms with Crippen molar-refractivity contribution in [1.82, 2.24) is 63.8 Å². The number of hydrogen-bond donors (Lipinski definition) is 23. The summed E-state index contributed by atoms with van der Waals surface area (Å²) in [6.07, 6.45) is -0.194. The molecule has 0 aliphatic rings. The fourth-order valence-corrected chi connectivity index (χ4v) is 10.1. The van der Waals surface area contributed by atoms with Crippen molar-refractivity contribution >= 4 is 114 Å². The van der Waals surface area contributed by atoms with Crippen LogP contribution in [-0.4, -0.2) is 234 Å². The highest BCUT2D eigenvalue weighted by atomic mass is 32.1. The minimum atomic E-state index is -1.95. The lowest BCUT2D eigenvalue weighted by molar-refractivity contribution is -0.142. The van der Waals surface area contributed by atoms with Crippen LogP contribution in [0.2, 0.25) is 0 Å². The van der Waals surface area contributed by atoms with Crippen molar-refractivity contribution < 1.29 is 82.4 Å². The number of carboxylic acid groups (broad SMARTS) is 1. The second-order valence-corrected chi connectivity index (χ2v) is 24.8. The van der Waals surface area contributed by atoms with E-state index in [1.165, 1.54) is 0 Å². The Kier molecular flexibility index (Phi) is 42.2. The molecule has 0 aliphatic carbocycles. The number of carbonyl (C=O) groups excluding carboxylic acids is 13. The van der Waals surface area contributed by atoms with Gasteiger partial charge in [-0.25, -0.2) is 0 Å². The topological polar surface area (TPSA) is 663 Å². The number of nitrogens with one attached hydrogen (secondary N) is 12. The van der Waals surface area contributed by atoms with Crippen LogP contribution in [0.25, 0.3) is 0 Å². The molecular weight excluding hydrogens is 1390 g/mol. The summed E-state index contributed by atoms with van der Waals surface area (Å²) in [7, 11) is 0. The summed E-state index contributed by atoms with van der Waals surface area (Å²) >= 11 is 4.13. The second kappa shape index (κ2) is 49.0. The monoisotopic (exact) mass is 1500 g/mol. The first-order chi connectivity index (χ1) is 49.8. The molecule has 105 heavy (non-hydrogen) atoms. The molecule has 39 nitrogen and oxygen atoms in total. The average Bonchev–Trinajstić information content (AvgIpc) is 0.840. The molecule has 0 saturated heterocycles. The normalized spacial score (nSPS) is 14.6. The molecule has 0 unspecified atom stereocenters. The molecule has 2 aromatic carbocycles. The molecule has 0 aromatic heterocycles. The Morgan fingerprint density at radius 3 is 1.27 bits per heavy atom. The van der Waals surface area contributed by atoms with Gasteiger partial charge >= 0.3 is 5.97 Å². The molecule has 0 radical (unpaired) electrons. The van der Waals surface area contributed by atoms with E-state index in [1.54, 1.807) is 88.4 Å². The number of nitrogens with two attached hydrogens (primary N) is 7. The van der Waals surface area contributed by atoms with Gasteiger partial charge in [0.15, 0.2) is 17.9 Å². The number of aliphatic hydroxyl groups is 2. The van der Waals surface area contributed by atoms with Gasteiger partial charge in [0.25, 0.3) is 0 Å². The van der Waals surface area contributed by atoms with E-state index >= 15 is 0 Å². The number of amides is 12. The van der Waals surface area contributed by atoms with E-state index in [-0.39, 0.29) is 101 Å². The van der Waals surface area contributed by atoms with Crippen molar-refractivity contribution in [3.8, 4) is 0 Å². The van der Waals surface area contributed by atoms with Gasteiger partial charge in [0.2, 0.25) is 70.9 Å². The first-order valence-electron chi connectivity index (χ1n) is 33.9. The lowest BCUT2D eigenvalue weighted by Gasteiger charge is -2.30. The van der Waals surface area contributed by atoms with Crippen LogP contribution in [-0.2, 0) is 80.0 Å². The lowest BCUT2D eigenvalue weighted by Crippen LogP contribution is -2.61. The summed E-state index contributed by atoms with van der Waals surface area (Å²) in [6, 6.07) is 0.732. The number of carbonyl (C=O) groups is 14. The van der Waals surface area contributed by atoms with Crippen molar-refractivity contribution in [2.45, 2.75) is 165 Å². The maximum absolute atomic E-state index is 14.5. The fourth-order valence-electron chi connectivity index (χ4n) is 9.80. The average molecular weight is 1500 g/mol. The molecule has 2 rings (SSSR count). The van der Waals surface area contributed by atoms with Gasteiger partial charge in [-0.2, -0.15) is 12.6 Å². The van der Waals surface area contributed by atoms with E-state index in [9.17, 15) is 82.4 Å². The number of aliphatic hydroxyl groups excluding tert-OH is 2. The van der Waals surface area contributed by atoms with Crippen LogP contribution in [0.3, 0.4) is 0 Å². The largest absolute Gasteiger partial charge is 0.481 e. The van der Waals surface area contributed by atoms with Crippen molar-refractivity contribution in [2.24, 2.45) is 66.9 Å². The number of carboxylic acids is 1. The van der Waals surface area contributed by atoms with Gasteiger partial charge in [-0.05, 0) is 61.5 Å². The highest BCUT2D eigenvalue weighted by Gasteiger charge is 2.38. The number of benzene rings is 2. The molecule has 2 aromatic rings. The predicted molar refractivity (Wildman–Crippen MR) is 389 cm³/mol. The standard InChI is InChI=1S/C65H104N22O17S/c1-5-35(3)51(61(103)82-44(27-38-18-11-8-12-19-38)57(99)78-39(31-88)20-13-23-73-63(67)68)87-56(98)42(22-15-25-75-65(71)72)80-58(100)45(28-50(93)94)83-62(104)52(36(4)6-2)86-55(97)41(21-14-24-74-64(69)70)79-49(92)30-76-48(91)29-77-54(96)43(26-37-16-9-7-10-17-37)81-60(102)47(34-105)85-59(101)46(33-90)84-53(95)40(66)32-89/h7-12,16-19,31,35-36,39-47,51-52,89-90,105H,5-6,13-15,20-30,32-34,66H2,1-4H3,(H,76,91)(H,77,96)(H,78,99)(H,79,92)(H,80,100)(H,81,102)(H,82,103)(H,83,104)(H,84,95)(H,85,101)(H,86,97)(H,87,98)(H,93,94)(H4,67,68,73)(H4,69,70,74)(H4,71,72,75)/t35-,36-,39-,40-,41-,42-,43-,44-,45-,46-,47-,51-,52-/m0/s1. The van der Waals surface area contributed by atoms with E-state index in [2.05, 4.69) is 91.4 Å². The molecule has 0 heterocycles. The first-order valence-corrected chi connectivity index (χ1v) is 34.5. The highest BCUT2D eigenvalue weighted by molar-refractivity contribution is 7.80. The summed E-state index contributed by atoms with van der Waals surface area (Å²) < 4.78 is 0. The van der Waals surface area contributed by atoms with E-state index in [1.807, 2.05) is 0 Å². The van der Waals surface area contributed by atoms with E-state index in [4.69, 9.17) is 40.1 Å². The molecule has 0 bridgehead atoms. The molecule has 0 fully saturated rings. The number of nitrogens with zero attached hydrogens (tertiary/aromatic N) is 3. The van der Waals surface area contributed by atoms with E-state index < -0.39 is 188 Å². The maximum Gasteiger partial charge on any atom is 0.305 e. The van der Waals surface area contributed by atoms with Crippen LogP contribution in [0.1, 0.15) is 96.6 Å². The smallest absolute Gasteiger partial charge is 0.305 e. The minimum Gasteiger partial charge on any atom is -0.481 e. The first kappa shape index (κ1) is 90.3. The Bertz CT molecular complexity index is 3290. The van der Waals surface area contributed by atoms with Crippen molar-refractivity contribution in [1.29, 1.82) is 0 Å². The molecular formula is C65H104N22O17S. The third kappa shape index (κ3) is 35.3. The van der Waals surface area contributed by atoms with Gasteiger partial charge in [-0.3, -0.25) is 77.3 Å². The van der Waals surface area contributed by atoms with Crippen LogP contribution >= 0.6 is 12.6 Å². The van der Waals surface area contributed by atoms with Crippen LogP contribution < -0.4 is 104 Å². The maximum atomic E-state index is 14.5. The van der Waals surface area contributed by atoms with Gasteiger partial charge in [0.1, 0.15) is 66.7 Å². The quantitative estimate of drug-likeness (QED) is 0.00962. The van der Waals surface area contributed by atoms with Crippen LogP contribution in [0.15, 0.2) is 75.6 Å². The Morgan fingerprint density at radius 1 is 0.448 bits per heavy atom. The van der Waals surface area contributed by atoms with Crippen LogP contribution in [0.5, 0.6) is 0 Å². The Hall–Kier alpha value is -10.7. The molecule has 0 spiro atoms. The zero-order valence-corrected chi connectivity index (χ0v) is 60.1. The van der Waals surface area contributed by atoms with Gasteiger partial charge in [-0.15, -0.1) is 0 Å². The second-order valence-electron chi connectivity index (χ2n) is 24.5. The SMILES string of the molecule is CC[C@H](C)[C@H](NC(=O)[C@H](CCCN=C(N)N)NC(=O)[C@H](CC(=O)O)NC(=O)[C@@H](NC(=O)[C@H](CCCN=C(N)N)NC(=O)CNC(=O)CNC(=O)[C@H](Cc1ccccc1)NC(=O)[C@H](CS)NC(=O)[C@H](CO)NC(=O)[C@@H](N)CO)[C@@H](C)CC)C(=O)N[C@@H](Cc1ccccc1)C(=O)N[C@H](C=O)CCCN=C(N)N. The number of thiol groups is 1. The summed E-state index contributed by atoms with van der Waals surface area (Å²) in [5.41, 5.74) is 39.6.